The van der Waals surface area contributed by atoms with Crippen LogP contribution in [0.1, 0.15) is 23.7 Å². The van der Waals surface area contributed by atoms with E-state index in [0.29, 0.717) is 23.5 Å². The number of ether oxygens (including phenoxy) is 2. The van der Waals surface area contributed by atoms with Crippen molar-refractivity contribution in [3.05, 3.63) is 23.8 Å². The van der Waals surface area contributed by atoms with Gasteiger partial charge in [0.2, 0.25) is 0 Å². The summed E-state index contributed by atoms with van der Waals surface area (Å²) in [6.45, 7) is 1.75. The van der Waals surface area contributed by atoms with Crippen molar-refractivity contribution in [1.29, 1.82) is 0 Å². The van der Waals surface area contributed by atoms with Crippen LogP contribution in [0, 0.1) is 0 Å². The second kappa shape index (κ2) is 5.51. The molecule has 0 spiro atoms. The molecule has 0 heterocycles. The first kappa shape index (κ1) is 12.5. The lowest BCUT2D eigenvalue weighted by Gasteiger charge is -2.10. The van der Waals surface area contributed by atoms with E-state index in [2.05, 4.69) is 0 Å². The zero-order valence-corrected chi connectivity index (χ0v) is 9.69. The maximum atomic E-state index is 11.7. The topological polar surface area (TPSA) is 55.8 Å². The fourth-order valence-electron chi connectivity index (χ4n) is 1.37. The average molecular weight is 224 g/mol. The fraction of sp³-hybridized carbons (Fsp3) is 0.417. The first-order chi connectivity index (χ1) is 7.63. The number of hydrogen-bond donors (Lipinski definition) is 1. The Morgan fingerprint density at radius 1 is 1.31 bits per heavy atom. The summed E-state index contributed by atoms with van der Waals surface area (Å²) < 4.78 is 10.1. The molecule has 4 heteroatoms. The Labute approximate surface area is 94.8 Å². The van der Waals surface area contributed by atoms with Crippen molar-refractivity contribution < 1.29 is 19.4 Å². The Balaban J connectivity index is 3.03. The number of benzene rings is 1. The maximum absolute atomic E-state index is 11.7. The lowest BCUT2D eigenvalue weighted by molar-refractivity contribution is 0.0740. The van der Waals surface area contributed by atoms with E-state index in [4.69, 9.17) is 9.47 Å². The number of Topliss-reactive ketones (excluding diaryl/α,β-unsaturated/α-hetero) is 1. The maximum Gasteiger partial charge on any atom is 0.191 e. The molecule has 0 radical (unpaired) electrons. The van der Waals surface area contributed by atoms with Crippen molar-refractivity contribution >= 4 is 5.78 Å². The molecule has 0 fully saturated rings. The van der Waals surface area contributed by atoms with Gasteiger partial charge in [-0.05, 0) is 24.6 Å². The molecule has 0 aliphatic carbocycles. The molecule has 0 saturated carbocycles. The predicted octanol–water partition coefficient (Wildman–Crippen LogP) is 1.66. The molecular weight excluding hydrogens is 208 g/mol. The zero-order chi connectivity index (χ0) is 12.1. The van der Waals surface area contributed by atoms with Crippen LogP contribution in [-0.2, 0) is 0 Å². The molecule has 0 aliphatic heterocycles. The first-order valence-electron chi connectivity index (χ1n) is 5.08. The quantitative estimate of drug-likeness (QED) is 0.773. The zero-order valence-electron chi connectivity index (χ0n) is 9.69. The van der Waals surface area contributed by atoms with Crippen molar-refractivity contribution in [2.45, 2.75) is 19.4 Å². The molecule has 0 amide bonds. The fourth-order valence-corrected chi connectivity index (χ4v) is 1.37. The van der Waals surface area contributed by atoms with Crippen LogP contribution >= 0.6 is 0 Å². The lowest BCUT2D eigenvalue weighted by atomic mass is 10.0. The summed E-state index contributed by atoms with van der Waals surface area (Å²) in [5.41, 5.74) is 0.423. The SMILES string of the molecule is CCC(O)C(=O)c1ccc(OC)c(OC)c1. The van der Waals surface area contributed by atoms with Gasteiger partial charge >= 0.3 is 0 Å². The number of aliphatic hydroxyl groups excluding tert-OH is 1. The highest BCUT2D eigenvalue weighted by molar-refractivity contribution is 5.99. The molecule has 88 valence electrons. The van der Waals surface area contributed by atoms with Crippen LogP contribution in [0.5, 0.6) is 11.5 Å². The number of carbonyl (C=O) groups excluding carboxylic acids is 1. The molecule has 1 aromatic rings. The lowest BCUT2D eigenvalue weighted by Crippen LogP contribution is -2.19. The number of methoxy groups -OCH3 is 2. The molecule has 1 unspecified atom stereocenters. The number of rotatable bonds is 5. The highest BCUT2D eigenvalue weighted by Crippen LogP contribution is 2.28. The molecule has 4 nitrogen and oxygen atoms in total. The molecular formula is C12H16O4. The van der Waals surface area contributed by atoms with Crippen molar-refractivity contribution in [2.24, 2.45) is 0 Å². The predicted molar refractivity (Wildman–Crippen MR) is 60.2 cm³/mol. The normalized spacial score (nSPS) is 12.0. The van der Waals surface area contributed by atoms with Crippen LogP contribution in [0.4, 0.5) is 0 Å². The summed E-state index contributed by atoms with van der Waals surface area (Å²) in [6.07, 6.45) is -0.564. The van der Waals surface area contributed by atoms with Crippen molar-refractivity contribution in [2.75, 3.05) is 14.2 Å². The summed E-state index contributed by atoms with van der Waals surface area (Å²) in [6, 6.07) is 4.83. The Bertz CT molecular complexity index is 373. The largest absolute Gasteiger partial charge is 0.493 e. The van der Waals surface area contributed by atoms with Gasteiger partial charge in [-0.15, -0.1) is 0 Å². The number of hydrogen-bond acceptors (Lipinski definition) is 4. The third-order valence-corrected chi connectivity index (χ3v) is 2.36. The summed E-state index contributed by atoms with van der Waals surface area (Å²) in [7, 11) is 3.03. The van der Waals surface area contributed by atoms with E-state index >= 15 is 0 Å². The van der Waals surface area contributed by atoms with Gasteiger partial charge in [0, 0.05) is 5.56 Å². The summed E-state index contributed by atoms with van der Waals surface area (Å²) in [5, 5.41) is 9.45. The van der Waals surface area contributed by atoms with Crippen LogP contribution in [0.3, 0.4) is 0 Å². The second-order valence-corrected chi connectivity index (χ2v) is 3.36. The molecule has 1 aromatic carbocycles. The smallest absolute Gasteiger partial charge is 0.191 e. The molecule has 1 N–H and O–H groups in total. The van der Waals surface area contributed by atoms with Crippen LogP contribution in [0.15, 0.2) is 18.2 Å². The van der Waals surface area contributed by atoms with Gasteiger partial charge in [-0.1, -0.05) is 6.92 Å². The van der Waals surface area contributed by atoms with Gasteiger partial charge in [-0.3, -0.25) is 4.79 Å². The van der Waals surface area contributed by atoms with E-state index in [1.807, 2.05) is 0 Å². The Hall–Kier alpha value is -1.55. The van der Waals surface area contributed by atoms with Crippen molar-refractivity contribution in [3.8, 4) is 11.5 Å². The van der Waals surface area contributed by atoms with Crippen molar-refractivity contribution in [1.82, 2.24) is 0 Å². The molecule has 0 aromatic heterocycles. The number of carbonyl (C=O) groups is 1. The van der Waals surface area contributed by atoms with Gasteiger partial charge in [0.1, 0.15) is 6.10 Å². The van der Waals surface area contributed by atoms with Crippen molar-refractivity contribution in [3.63, 3.8) is 0 Å². The summed E-state index contributed by atoms with van der Waals surface area (Å²) >= 11 is 0. The minimum absolute atomic E-state index is 0.302. The monoisotopic (exact) mass is 224 g/mol. The summed E-state index contributed by atoms with van der Waals surface area (Å²) in [4.78, 5) is 11.7. The van der Waals surface area contributed by atoms with E-state index in [1.165, 1.54) is 14.2 Å². The average Bonchev–Trinajstić information content (AvgIpc) is 2.35. The van der Waals surface area contributed by atoms with Gasteiger partial charge in [0.15, 0.2) is 17.3 Å². The van der Waals surface area contributed by atoms with Crippen LogP contribution in [-0.4, -0.2) is 31.2 Å². The third kappa shape index (κ3) is 2.52. The second-order valence-electron chi connectivity index (χ2n) is 3.36. The third-order valence-electron chi connectivity index (χ3n) is 2.36. The van der Waals surface area contributed by atoms with Gasteiger partial charge in [0.25, 0.3) is 0 Å². The van der Waals surface area contributed by atoms with Gasteiger partial charge in [-0.2, -0.15) is 0 Å². The van der Waals surface area contributed by atoms with Crippen LogP contribution < -0.4 is 9.47 Å². The Morgan fingerprint density at radius 2 is 1.94 bits per heavy atom. The highest BCUT2D eigenvalue weighted by atomic mass is 16.5. The van der Waals surface area contributed by atoms with E-state index in [9.17, 15) is 9.90 Å². The van der Waals surface area contributed by atoms with E-state index in [0.717, 1.165) is 0 Å². The van der Waals surface area contributed by atoms with E-state index < -0.39 is 6.10 Å². The molecule has 1 rings (SSSR count). The molecule has 16 heavy (non-hydrogen) atoms. The molecule has 0 aliphatic rings. The van der Waals surface area contributed by atoms with Gasteiger partial charge < -0.3 is 14.6 Å². The standard InChI is InChI=1S/C12H16O4/c1-4-9(13)12(14)8-5-6-10(15-2)11(7-8)16-3/h5-7,9,13H,4H2,1-3H3. The van der Waals surface area contributed by atoms with Crippen LogP contribution in [0.25, 0.3) is 0 Å². The van der Waals surface area contributed by atoms with E-state index in [1.54, 1.807) is 25.1 Å². The Kier molecular flexibility index (Phi) is 4.31. The van der Waals surface area contributed by atoms with E-state index in [-0.39, 0.29) is 5.78 Å². The Morgan fingerprint density at radius 3 is 2.44 bits per heavy atom. The molecule has 1 atom stereocenters. The van der Waals surface area contributed by atoms with Gasteiger partial charge in [-0.25, -0.2) is 0 Å². The minimum atomic E-state index is -0.960. The summed E-state index contributed by atoms with van der Waals surface area (Å²) in [5.74, 6) is 0.741. The number of aliphatic hydroxyl groups is 1. The number of ketones is 1. The highest BCUT2D eigenvalue weighted by Gasteiger charge is 2.16. The molecule has 0 saturated heterocycles. The van der Waals surface area contributed by atoms with Gasteiger partial charge in [0.05, 0.1) is 14.2 Å². The minimum Gasteiger partial charge on any atom is -0.493 e. The first-order valence-corrected chi connectivity index (χ1v) is 5.08. The molecule has 0 bridgehead atoms. The van der Waals surface area contributed by atoms with Crippen LogP contribution in [0.2, 0.25) is 0 Å².